The molecular weight excluding hydrogens is 328 g/mol. The quantitative estimate of drug-likeness (QED) is 0.852. The number of anilines is 1. The number of hydrogen-bond donors (Lipinski definition) is 2. The minimum Gasteiger partial charge on any atom is -0.444 e. The second kappa shape index (κ2) is 6.29. The molecule has 0 fully saturated rings. The number of aliphatic hydroxyl groups is 1. The average Bonchev–Trinajstić information content (AvgIpc) is 2.81. The molecule has 0 saturated heterocycles. The zero-order chi connectivity index (χ0) is 17.5. The summed E-state index contributed by atoms with van der Waals surface area (Å²) in [5.41, 5.74) is 1.31. The Morgan fingerprint density at radius 2 is 2.21 bits per heavy atom. The lowest BCUT2D eigenvalue weighted by molar-refractivity contribution is -0.120. The van der Waals surface area contributed by atoms with Crippen molar-refractivity contribution >= 4 is 29.4 Å². The second-order valence-electron chi connectivity index (χ2n) is 7.02. The minimum absolute atomic E-state index is 0.107. The summed E-state index contributed by atoms with van der Waals surface area (Å²) in [5, 5.41) is 12.3. The zero-order valence-corrected chi connectivity index (χ0v) is 14.9. The van der Waals surface area contributed by atoms with E-state index in [0.29, 0.717) is 12.2 Å². The molecule has 0 unspecified atom stereocenters. The molecule has 0 spiro atoms. The van der Waals surface area contributed by atoms with Crippen molar-refractivity contribution in [2.75, 3.05) is 17.3 Å². The molecule has 0 bridgehead atoms. The maximum absolute atomic E-state index is 13.0. The highest BCUT2D eigenvalue weighted by Gasteiger charge is 2.41. The molecule has 3 rings (SSSR count). The Kier molecular flexibility index (Phi) is 4.48. The molecule has 0 radical (unpaired) electrons. The molecule has 2 N–H and O–H groups in total. The molecule has 6 nitrogen and oxygen atoms in total. The number of nitrogens with one attached hydrogen (secondary N) is 1. The van der Waals surface area contributed by atoms with Crippen molar-refractivity contribution in [3.05, 3.63) is 23.8 Å². The highest BCUT2D eigenvalue weighted by atomic mass is 32.2. The molecule has 1 aromatic carbocycles. The molecule has 0 aromatic heterocycles. The molecule has 130 valence electrons. The number of amides is 2. The number of thioether (sulfide) groups is 1. The van der Waals surface area contributed by atoms with E-state index in [1.54, 1.807) is 25.7 Å². The van der Waals surface area contributed by atoms with Crippen LogP contribution in [0.1, 0.15) is 26.3 Å². The van der Waals surface area contributed by atoms with Crippen molar-refractivity contribution in [3.63, 3.8) is 0 Å². The first-order chi connectivity index (χ1) is 11.3. The van der Waals surface area contributed by atoms with Crippen LogP contribution in [0.2, 0.25) is 0 Å². The van der Waals surface area contributed by atoms with Gasteiger partial charge in [-0.15, -0.1) is 11.8 Å². The number of carbonyl (C=O) groups is 2. The van der Waals surface area contributed by atoms with Crippen LogP contribution < -0.4 is 10.2 Å². The Labute approximate surface area is 145 Å². The van der Waals surface area contributed by atoms with Crippen LogP contribution in [0.5, 0.6) is 0 Å². The average molecular weight is 350 g/mol. The highest BCUT2D eigenvalue weighted by molar-refractivity contribution is 7.99. The molecule has 0 saturated carbocycles. The summed E-state index contributed by atoms with van der Waals surface area (Å²) in [6, 6.07) is 4.95. The second-order valence-corrected chi connectivity index (χ2v) is 8.08. The number of nitrogens with zero attached hydrogens (tertiary/aromatic N) is 1. The number of rotatable bonds is 2. The van der Waals surface area contributed by atoms with E-state index >= 15 is 0 Å². The fourth-order valence-corrected chi connectivity index (χ4v) is 4.17. The molecule has 2 amide bonds. The summed E-state index contributed by atoms with van der Waals surface area (Å²) in [7, 11) is 0. The minimum atomic E-state index is -0.683. The lowest BCUT2D eigenvalue weighted by Crippen LogP contribution is -2.53. The van der Waals surface area contributed by atoms with Crippen LogP contribution in [-0.4, -0.2) is 47.2 Å². The van der Waals surface area contributed by atoms with E-state index in [4.69, 9.17) is 4.74 Å². The van der Waals surface area contributed by atoms with Crippen LogP contribution in [0.25, 0.3) is 0 Å². The first-order valence-electron chi connectivity index (χ1n) is 7.98. The molecule has 2 aliphatic heterocycles. The molecule has 2 aliphatic rings. The van der Waals surface area contributed by atoms with E-state index < -0.39 is 17.7 Å². The third-order valence-corrected chi connectivity index (χ3v) is 5.13. The summed E-state index contributed by atoms with van der Waals surface area (Å²) in [6.45, 7) is 5.23. The van der Waals surface area contributed by atoms with Crippen molar-refractivity contribution in [1.29, 1.82) is 0 Å². The smallest absolute Gasteiger partial charge is 0.408 e. The van der Waals surface area contributed by atoms with Gasteiger partial charge in [-0.3, -0.25) is 4.79 Å². The molecule has 1 aromatic rings. The number of para-hydroxylation sites is 1. The Morgan fingerprint density at radius 1 is 1.46 bits per heavy atom. The van der Waals surface area contributed by atoms with Gasteiger partial charge in [-0.05, 0) is 38.8 Å². The van der Waals surface area contributed by atoms with Crippen LogP contribution in [0.15, 0.2) is 23.1 Å². The molecule has 2 heterocycles. The predicted octanol–water partition coefficient (Wildman–Crippen LogP) is 1.94. The van der Waals surface area contributed by atoms with Gasteiger partial charge >= 0.3 is 6.09 Å². The SMILES string of the molecule is CC(C)(C)OC(=O)N[C@H]1CSc2cccc3c2N(C1=O)[C@@H](CO)C3. The van der Waals surface area contributed by atoms with Crippen molar-refractivity contribution < 1.29 is 19.4 Å². The number of ether oxygens (including phenoxy) is 1. The van der Waals surface area contributed by atoms with E-state index in [-0.39, 0.29) is 18.6 Å². The van der Waals surface area contributed by atoms with Gasteiger partial charge in [0.05, 0.1) is 18.3 Å². The highest BCUT2D eigenvalue weighted by Crippen LogP contribution is 2.42. The van der Waals surface area contributed by atoms with Gasteiger partial charge in [0, 0.05) is 10.6 Å². The van der Waals surface area contributed by atoms with Gasteiger partial charge in [-0.25, -0.2) is 4.79 Å². The summed E-state index contributed by atoms with van der Waals surface area (Å²) in [5.74, 6) is 0.236. The van der Waals surface area contributed by atoms with Crippen LogP contribution in [0.3, 0.4) is 0 Å². The van der Waals surface area contributed by atoms with Crippen LogP contribution in [0, 0.1) is 0 Å². The maximum atomic E-state index is 13.0. The Morgan fingerprint density at radius 3 is 2.88 bits per heavy atom. The fraction of sp³-hybridized carbons (Fsp3) is 0.529. The molecule has 2 atom stereocenters. The first-order valence-corrected chi connectivity index (χ1v) is 8.97. The van der Waals surface area contributed by atoms with Gasteiger partial charge < -0.3 is 20.1 Å². The van der Waals surface area contributed by atoms with Crippen LogP contribution in [0.4, 0.5) is 10.5 Å². The summed E-state index contributed by atoms with van der Waals surface area (Å²) < 4.78 is 5.26. The van der Waals surface area contributed by atoms with Gasteiger partial charge in [0.25, 0.3) is 5.91 Å². The Balaban J connectivity index is 1.85. The Bertz CT molecular complexity index is 671. The molecule has 7 heteroatoms. The number of aliphatic hydroxyl groups excluding tert-OH is 1. The van der Waals surface area contributed by atoms with Gasteiger partial charge in [0.2, 0.25) is 0 Å². The van der Waals surface area contributed by atoms with E-state index in [1.807, 2.05) is 18.2 Å². The summed E-state index contributed by atoms with van der Waals surface area (Å²) >= 11 is 1.54. The first kappa shape index (κ1) is 17.1. The van der Waals surface area contributed by atoms with Crippen LogP contribution in [-0.2, 0) is 16.0 Å². The van der Waals surface area contributed by atoms with Gasteiger partial charge in [0.15, 0.2) is 0 Å². The topological polar surface area (TPSA) is 78.9 Å². The summed E-state index contributed by atoms with van der Waals surface area (Å²) in [4.78, 5) is 27.7. The lowest BCUT2D eigenvalue weighted by Gasteiger charge is -2.27. The zero-order valence-electron chi connectivity index (χ0n) is 14.0. The van der Waals surface area contributed by atoms with E-state index in [1.165, 1.54) is 11.8 Å². The predicted molar refractivity (Wildman–Crippen MR) is 92.4 cm³/mol. The third kappa shape index (κ3) is 3.23. The normalized spacial score (nSPS) is 22.8. The molecule has 24 heavy (non-hydrogen) atoms. The Hall–Kier alpha value is -1.73. The lowest BCUT2D eigenvalue weighted by atomic mass is 10.1. The third-order valence-electron chi connectivity index (χ3n) is 3.99. The number of benzene rings is 1. The maximum Gasteiger partial charge on any atom is 0.408 e. The van der Waals surface area contributed by atoms with E-state index in [0.717, 1.165) is 16.1 Å². The number of hydrogen-bond acceptors (Lipinski definition) is 5. The van der Waals surface area contributed by atoms with Crippen molar-refractivity contribution in [3.8, 4) is 0 Å². The van der Waals surface area contributed by atoms with Gasteiger partial charge in [-0.2, -0.15) is 0 Å². The van der Waals surface area contributed by atoms with Gasteiger partial charge in [-0.1, -0.05) is 12.1 Å². The number of carbonyl (C=O) groups excluding carboxylic acids is 2. The van der Waals surface area contributed by atoms with Crippen LogP contribution >= 0.6 is 11.8 Å². The largest absolute Gasteiger partial charge is 0.444 e. The van der Waals surface area contributed by atoms with E-state index in [2.05, 4.69) is 5.32 Å². The van der Waals surface area contributed by atoms with Crippen molar-refractivity contribution in [2.45, 2.75) is 49.8 Å². The van der Waals surface area contributed by atoms with Crippen molar-refractivity contribution in [2.24, 2.45) is 0 Å². The number of alkyl carbamates (subject to hydrolysis) is 1. The monoisotopic (exact) mass is 350 g/mol. The molecule has 0 aliphatic carbocycles. The standard InChI is InChI=1S/C17H22N2O4S/c1-17(2,3)23-16(22)18-12-9-24-13-6-4-5-10-7-11(8-20)19(14(10)13)15(12)21/h4-6,11-12,20H,7-9H2,1-3H3,(H,18,22)/t11-,12+/m1/s1. The van der Waals surface area contributed by atoms with Gasteiger partial charge in [0.1, 0.15) is 11.6 Å². The summed E-state index contributed by atoms with van der Waals surface area (Å²) in [6.07, 6.45) is 0.0258. The van der Waals surface area contributed by atoms with Crippen molar-refractivity contribution in [1.82, 2.24) is 5.32 Å². The molecular formula is C17H22N2O4S. The van der Waals surface area contributed by atoms with E-state index in [9.17, 15) is 14.7 Å². The fourth-order valence-electron chi connectivity index (χ4n) is 3.05.